The number of piperidine rings is 1. The van der Waals surface area contributed by atoms with Crippen LogP contribution in [-0.4, -0.2) is 35.2 Å². The molecule has 1 aliphatic heterocycles. The summed E-state index contributed by atoms with van der Waals surface area (Å²) in [6.45, 7) is 1.30. The molecule has 2 heterocycles. The van der Waals surface area contributed by atoms with E-state index in [9.17, 15) is 5.11 Å². The van der Waals surface area contributed by atoms with E-state index in [2.05, 4.69) is 41.3 Å². The van der Waals surface area contributed by atoms with Crippen LogP contribution in [0, 0.1) is 5.92 Å². The number of aromatic amines is 1. The van der Waals surface area contributed by atoms with Gasteiger partial charge in [-0.3, -0.25) is 4.90 Å². The average molecular weight is 242 g/mol. The van der Waals surface area contributed by atoms with Crippen molar-refractivity contribution in [3.8, 4) is 0 Å². The topological polar surface area (TPSA) is 39.3 Å². The number of hydrogen-bond donors (Lipinski definition) is 2. The Kier molecular flexibility index (Phi) is 2.11. The zero-order valence-corrected chi connectivity index (χ0v) is 10.6. The summed E-state index contributed by atoms with van der Waals surface area (Å²) in [5, 5.41) is 10.9. The minimum atomic E-state index is 0.305. The van der Waals surface area contributed by atoms with E-state index in [1.807, 2.05) is 0 Å². The molecule has 0 radical (unpaired) electrons. The lowest BCUT2D eigenvalue weighted by Crippen LogP contribution is -2.39. The zero-order chi connectivity index (χ0) is 12.3. The van der Waals surface area contributed by atoms with Crippen molar-refractivity contribution in [2.75, 3.05) is 20.2 Å². The molecule has 0 bridgehead atoms. The minimum Gasteiger partial charge on any atom is -0.396 e. The molecule has 1 saturated heterocycles. The van der Waals surface area contributed by atoms with E-state index in [-0.39, 0.29) is 0 Å². The van der Waals surface area contributed by atoms with E-state index in [0.717, 1.165) is 13.0 Å². The second kappa shape index (κ2) is 3.59. The second-order valence-corrected chi connectivity index (χ2v) is 5.79. The Bertz CT molecular complexity index is 604. The van der Waals surface area contributed by atoms with Crippen LogP contribution in [0.4, 0.5) is 0 Å². The number of nitrogens with zero attached hydrogens (tertiary/aromatic N) is 1. The quantitative estimate of drug-likeness (QED) is 0.805. The van der Waals surface area contributed by atoms with Crippen LogP contribution < -0.4 is 0 Å². The Balaban J connectivity index is 1.89. The molecule has 18 heavy (non-hydrogen) atoms. The number of likely N-dealkylation sites (N-methyl/N-ethyl adjacent to an activating group) is 1. The van der Waals surface area contributed by atoms with Gasteiger partial charge >= 0.3 is 0 Å². The van der Waals surface area contributed by atoms with Crippen molar-refractivity contribution < 1.29 is 5.11 Å². The first-order valence-electron chi connectivity index (χ1n) is 6.70. The standard InChI is InChI=1S/C15H18N2O/c1-17-7-9(8-18)5-11-10-3-2-4-13-14(10)12(6-16-13)15(11)17/h2-4,6,9,11,15-16,18H,5,7-8H2,1H3/t9-,11-,15-/m1/s1. The molecule has 1 aliphatic carbocycles. The highest BCUT2D eigenvalue weighted by molar-refractivity contribution is 5.90. The van der Waals surface area contributed by atoms with Crippen molar-refractivity contribution in [1.29, 1.82) is 0 Å². The van der Waals surface area contributed by atoms with Crippen molar-refractivity contribution in [2.45, 2.75) is 18.4 Å². The Labute approximate surface area is 106 Å². The maximum Gasteiger partial charge on any atom is 0.0471 e. The van der Waals surface area contributed by atoms with Gasteiger partial charge in [0.2, 0.25) is 0 Å². The Morgan fingerprint density at radius 1 is 1.39 bits per heavy atom. The van der Waals surface area contributed by atoms with Gasteiger partial charge in [-0.2, -0.15) is 0 Å². The summed E-state index contributed by atoms with van der Waals surface area (Å²) in [5.74, 6) is 0.976. The third kappa shape index (κ3) is 1.21. The molecule has 2 N–H and O–H groups in total. The highest BCUT2D eigenvalue weighted by atomic mass is 16.3. The number of benzene rings is 1. The van der Waals surface area contributed by atoms with Gasteiger partial charge in [0.05, 0.1) is 0 Å². The predicted octanol–water partition coefficient (Wildman–Crippen LogP) is 2.25. The van der Waals surface area contributed by atoms with Crippen LogP contribution in [0.5, 0.6) is 0 Å². The van der Waals surface area contributed by atoms with Gasteiger partial charge in [-0.15, -0.1) is 0 Å². The fraction of sp³-hybridized carbons (Fsp3) is 0.467. The molecule has 4 rings (SSSR count). The van der Waals surface area contributed by atoms with Crippen molar-refractivity contribution in [1.82, 2.24) is 9.88 Å². The van der Waals surface area contributed by atoms with Crippen LogP contribution >= 0.6 is 0 Å². The van der Waals surface area contributed by atoms with Gasteiger partial charge in [-0.25, -0.2) is 0 Å². The number of aliphatic hydroxyl groups excluding tert-OH is 1. The van der Waals surface area contributed by atoms with Gasteiger partial charge in [0.1, 0.15) is 0 Å². The smallest absolute Gasteiger partial charge is 0.0471 e. The Morgan fingerprint density at radius 3 is 3.11 bits per heavy atom. The molecule has 3 heteroatoms. The molecule has 0 saturated carbocycles. The highest BCUT2D eigenvalue weighted by Gasteiger charge is 2.42. The number of H-pyrrole nitrogens is 1. The summed E-state index contributed by atoms with van der Waals surface area (Å²) in [6, 6.07) is 7.06. The molecule has 0 spiro atoms. The average Bonchev–Trinajstić information content (AvgIpc) is 2.94. The van der Waals surface area contributed by atoms with Crippen molar-refractivity contribution in [3.05, 3.63) is 35.5 Å². The fourth-order valence-corrected chi connectivity index (χ4v) is 4.06. The summed E-state index contributed by atoms with van der Waals surface area (Å²) in [4.78, 5) is 5.80. The molecule has 1 aromatic heterocycles. The van der Waals surface area contributed by atoms with Gasteiger partial charge in [0.25, 0.3) is 0 Å². The summed E-state index contributed by atoms with van der Waals surface area (Å²) in [7, 11) is 2.18. The Hall–Kier alpha value is -1.32. The molecule has 0 unspecified atom stereocenters. The summed E-state index contributed by atoms with van der Waals surface area (Å²) in [6.07, 6.45) is 3.29. The van der Waals surface area contributed by atoms with Crippen LogP contribution in [0.1, 0.15) is 29.5 Å². The molecule has 3 atom stereocenters. The van der Waals surface area contributed by atoms with E-state index in [0.29, 0.717) is 24.5 Å². The summed E-state index contributed by atoms with van der Waals surface area (Å²) >= 11 is 0. The Morgan fingerprint density at radius 2 is 2.28 bits per heavy atom. The molecule has 0 amide bonds. The molecule has 2 aliphatic rings. The third-order valence-electron chi connectivity index (χ3n) is 4.73. The first-order chi connectivity index (χ1) is 8.79. The maximum absolute atomic E-state index is 9.46. The monoisotopic (exact) mass is 242 g/mol. The van der Waals surface area contributed by atoms with Gasteiger partial charge in [0.15, 0.2) is 0 Å². The molecule has 3 nitrogen and oxygen atoms in total. The number of aliphatic hydroxyl groups is 1. The number of rotatable bonds is 1. The second-order valence-electron chi connectivity index (χ2n) is 5.79. The van der Waals surface area contributed by atoms with Crippen LogP contribution in [0.25, 0.3) is 10.9 Å². The molecule has 94 valence electrons. The van der Waals surface area contributed by atoms with Crippen LogP contribution in [0.2, 0.25) is 0 Å². The molecule has 1 aromatic carbocycles. The number of aromatic nitrogens is 1. The number of likely N-dealkylation sites (tertiary alicyclic amines) is 1. The normalized spacial score (nSPS) is 30.9. The number of fused-ring (bicyclic) bond motifs is 3. The van der Waals surface area contributed by atoms with E-state index in [1.165, 1.54) is 22.0 Å². The summed E-state index contributed by atoms with van der Waals surface area (Å²) in [5.41, 5.74) is 4.18. The lowest BCUT2D eigenvalue weighted by molar-refractivity contribution is 0.0825. The van der Waals surface area contributed by atoms with Crippen LogP contribution in [0.15, 0.2) is 24.4 Å². The summed E-state index contributed by atoms with van der Waals surface area (Å²) < 4.78 is 0. The first kappa shape index (κ1) is 10.6. The van der Waals surface area contributed by atoms with E-state index >= 15 is 0 Å². The first-order valence-corrected chi connectivity index (χ1v) is 6.70. The van der Waals surface area contributed by atoms with Gasteiger partial charge < -0.3 is 10.1 Å². The fourth-order valence-electron chi connectivity index (χ4n) is 4.06. The molecular formula is C15H18N2O. The third-order valence-corrected chi connectivity index (χ3v) is 4.73. The SMILES string of the molecule is CN1C[C@H](CO)C[C@@H]2c3cccc4[nH]cc(c34)[C@@H]21. The lowest BCUT2D eigenvalue weighted by Gasteiger charge is -2.40. The van der Waals surface area contributed by atoms with Gasteiger partial charge in [-0.1, -0.05) is 12.1 Å². The number of nitrogens with one attached hydrogen (secondary N) is 1. The van der Waals surface area contributed by atoms with Crippen molar-refractivity contribution in [3.63, 3.8) is 0 Å². The van der Waals surface area contributed by atoms with Crippen molar-refractivity contribution >= 4 is 10.9 Å². The van der Waals surface area contributed by atoms with Crippen LogP contribution in [-0.2, 0) is 0 Å². The lowest BCUT2D eigenvalue weighted by atomic mass is 9.82. The zero-order valence-electron chi connectivity index (χ0n) is 10.6. The van der Waals surface area contributed by atoms with Gasteiger partial charge in [0, 0.05) is 42.2 Å². The largest absolute Gasteiger partial charge is 0.396 e. The van der Waals surface area contributed by atoms with Crippen LogP contribution in [0.3, 0.4) is 0 Å². The molecule has 1 fully saturated rings. The van der Waals surface area contributed by atoms with E-state index in [1.54, 1.807) is 0 Å². The maximum atomic E-state index is 9.46. The van der Waals surface area contributed by atoms with Crippen molar-refractivity contribution in [2.24, 2.45) is 5.92 Å². The van der Waals surface area contributed by atoms with Gasteiger partial charge in [-0.05, 0) is 36.6 Å². The highest BCUT2D eigenvalue weighted by Crippen LogP contribution is 2.52. The predicted molar refractivity (Wildman–Crippen MR) is 71.6 cm³/mol. The minimum absolute atomic E-state index is 0.305. The molecule has 2 aromatic rings. The molecular weight excluding hydrogens is 224 g/mol. The van der Waals surface area contributed by atoms with E-state index < -0.39 is 0 Å². The van der Waals surface area contributed by atoms with E-state index in [4.69, 9.17) is 0 Å². The number of hydrogen-bond acceptors (Lipinski definition) is 2.